The molecular formula is C18H13Cl2N3O4S. The standard InChI is InChI=1S/C18H13Cl2N3O4S/c19-12-6-7-15(14(20)10-12)22-17-16(5-2-8-21-17)28(26,27)23-13-4-1-3-11(9-13)18(24)25/h1-10,23H,(H,21,22)(H,24,25). The van der Waals surface area contributed by atoms with Crippen molar-refractivity contribution in [2.75, 3.05) is 10.0 Å². The predicted octanol–water partition coefficient (Wildman–Crippen LogP) is 4.63. The number of carboxylic acid groups (broad SMARTS) is 1. The highest BCUT2D eigenvalue weighted by Gasteiger charge is 2.21. The summed E-state index contributed by atoms with van der Waals surface area (Å²) in [6.45, 7) is 0. The molecule has 3 aromatic rings. The van der Waals surface area contributed by atoms with E-state index in [1.165, 1.54) is 48.7 Å². The highest BCUT2D eigenvalue weighted by molar-refractivity contribution is 7.92. The fraction of sp³-hybridized carbons (Fsp3) is 0. The number of benzene rings is 2. The molecule has 0 aliphatic carbocycles. The first kappa shape index (κ1) is 19.9. The van der Waals surface area contributed by atoms with Gasteiger partial charge in [0.2, 0.25) is 0 Å². The number of nitrogens with one attached hydrogen (secondary N) is 2. The molecule has 3 rings (SSSR count). The molecule has 0 atom stereocenters. The van der Waals surface area contributed by atoms with E-state index in [0.717, 1.165) is 0 Å². The van der Waals surface area contributed by atoms with Crippen molar-refractivity contribution >= 4 is 56.4 Å². The summed E-state index contributed by atoms with van der Waals surface area (Å²) in [5.74, 6) is -1.12. The molecular weight excluding hydrogens is 425 g/mol. The van der Waals surface area contributed by atoms with Crippen LogP contribution in [0.5, 0.6) is 0 Å². The van der Waals surface area contributed by atoms with E-state index in [-0.39, 0.29) is 22.0 Å². The number of hydrogen-bond acceptors (Lipinski definition) is 5. The van der Waals surface area contributed by atoms with Gasteiger partial charge in [-0.2, -0.15) is 0 Å². The van der Waals surface area contributed by atoms with Gasteiger partial charge in [0.15, 0.2) is 5.82 Å². The summed E-state index contributed by atoms with van der Waals surface area (Å²) in [5, 5.41) is 12.7. The van der Waals surface area contributed by atoms with Crippen LogP contribution in [0.15, 0.2) is 65.7 Å². The van der Waals surface area contributed by atoms with E-state index in [4.69, 9.17) is 28.3 Å². The third kappa shape index (κ3) is 4.53. The number of carbonyl (C=O) groups is 1. The smallest absolute Gasteiger partial charge is 0.335 e. The Hall–Kier alpha value is -2.81. The molecule has 0 aliphatic rings. The van der Waals surface area contributed by atoms with Crippen molar-refractivity contribution in [3.63, 3.8) is 0 Å². The van der Waals surface area contributed by atoms with Crippen molar-refractivity contribution in [1.29, 1.82) is 0 Å². The van der Waals surface area contributed by atoms with Crippen LogP contribution in [-0.2, 0) is 10.0 Å². The van der Waals surface area contributed by atoms with E-state index in [1.807, 2.05) is 0 Å². The van der Waals surface area contributed by atoms with Crippen LogP contribution >= 0.6 is 23.2 Å². The summed E-state index contributed by atoms with van der Waals surface area (Å²) in [4.78, 5) is 15.0. The Morgan fingerprint density at radius 1 is 1.04 bits per heavy atom. The zero-order valence-electron chi connectivity index (χ0n) is 14.1. The number of carboxylic acids is 1. The third-order valence-corrected chi connectivity index (χ3v) is 5.57. The van der Waals surface area contributed by atoms with Gasteiger partial charge in [-0.05, 0) is 48.5 Å². The third-order valence-electron chi connectivity index (χ3n) is 3.61. The lowest BCUT2D eigenvalue weighted by Crippen LogP contribution is -2.15. The molecule has 0 radical (unpaired) electrons. The van der Waals surface area contributed by atoms with E-state index in [9.17, 15) is 13.2 Å². The second kappa shape index (κ2) is 8.05. The van der Waals surface area contributed by atoms with Gasteiger partial charge < -0.3 is 10.4 Å². The topological polar surface area (TPSA) is 108 Å². The zero-order valence-corrected chi connectivity index (χ0v) is 16.4. The Bertz CT molecular complexity index is 1150. The molecule has 0 bridgehead atoms. The second-order valence-electron chi connectivity index (χ2n) is 5.59. The Balaban J connectivity index is 1.94. The highest BCUT2D eigenvalue weighted by atomic mass is 35.5. The van der Waals surface area contributed by atoms with Gasteiger partial charge in [-0.3, -0.25) is 4.72 Å². The van der Waals surface area contributed by atoms with Crippen molar-refractivity contribution in [3.05, 3.63) is 76.4 Å². The summed E-state index contributed by atoms with van der Waals surface area (Å²) in [6, 6.07) is 13.0. The summed E-state index contributed by atoms with van der Waals surface area (Å²) in [5.41, 5.74) is 0.492. The molecule has 0 unspecified atom stereocenters. The van der Waals surface area contributed by atoms with Gasteiger partial charge in [-0.15, -0.1) is 0 Å². The molecule has 0 saturated carbocycles. The van der Waals surface area contributed by atoms with Crippen LogP contribution < -0.4 is 10.0 Å². The van der Waals surface area contributed by atoms with Crippen LogP contribution in [-0.4, -0.2) is 24.5 Å². The maximum atomic E-state index is 12.8. The number of nitrogens with zero attached hydrogens (tertiary/aromatic N) is 1. The van der Waals surface area contributed by atoms with Crippen molar-refractivity contribution in [2.24, 2.45) is 0 Å². The van der Waals surface area contributed by atoms with Crippen LogP contribution in [0.2, 0.25) is 10.0 Å². The molecule has 1 heterocycles. The molecule has 10 heteroatoms. The van der Waals surface area contributed by atoms with E-state index in [2.05, 4.69) is 15.0 Å². The first-order valence-corrected chi connectivity index (χ1v) is 10.0. The Labute approximate surface area is 171 Å². The molecule has 0 amide bonds. The lowest BCUT2D eigenvalue weighted by atomic mass is 10.2. The zero-order chi connectivity index (χ0) is 20.3. The minimum absolute atomic E-state index is 0.0438. The van der Waals surface area contributed by atoms with Gasteiger partial charge in [-0.1, -0.05) is 29.3 Å². The minimum Gasteiger partial charge on any atom is -0.478 e. The summed E-state index contributed by atoms with van der Waals surface area (Å²) in [7, 11) is -4.06. The molecule has 7 nitrogen and oxygen atoms in total. The molecule has 28 heavy (non-hydrogen) atoms. The lowest BCUT2D eigenvalue weighted by molar-refractivity contribution is 0.0697. The van der Waals surface area contributed by atoms with Crippen LogP contribution in [0.25, 0.3) is 0 Å². The number of rotatable bonds is 6. The maximum absolute atomic E-state index is 12.8. The molecule has 0 spiro atoms. The molecule has 0 aliphatic heterocycles. The SMILES string of the molecule is O=C(O)c1cccc(NS(=O)(=O)c2cccnc2Nc2ccc(Cl)cc2Cl)c1. The van der Waals surface area contributed by atoms with Crippen molar-refractivity contribution in [3.8, 4) is 0 Å². The van der Waals surface area contributed by atoms with Gasteiger partial charge in [0, 0.05) is 16.9 Å². The molecule has 1 aromatic heterocycles. The monoisotopic (exact) mass is 437 g/mol. The van der Waals surface area contributed by atoms with Crippen LogP contribution in [0.4, 0.5) is 17.2 Å². The molecule has 0 saturated heterocycles. The quantitative estimate of drug-likeness (QED) is 0.518. The molecule has 0 fully saturated rings. The number of halogens is 2. The number of aromatic carboxylic acids is 1. The Morgan fingerprint density at radius 3 is 2.54 bits per heavy atom. The van der Waals surface area contributed by atoms with E-state index in [0.29, 0.717) is 15.7 Å². The average Bonchev–Trinajstić information content (AvgIpc) is 2.64. The van der Waals surface area contributed by atoms with Gasteiger partial charge in [0.25, 0.3) is 10.0 Å². The Kier molecular flexibility index (Phi) is 5.73. The van der Waals surface area contributed by atoms with E-state index >= 15 is 0 Å². The van der Waals surface area contributed by atoms with E-state index in [1.54, 1.807) is 12.1 Å². The fourth-order valence-electron chi connectivity index (χ4n) is 2.35. The summed E-state index contributed by atoms with van der Waals surface area (Å²) >= 11 is 12.0. The molecule has 3 N–H and O–H groups in total. The Morgan fingerprint density at radius 2 is 1.82 bits per heavy atom. The van der Waals surface area contributed by atoms with Crippen molar-refractivity contribution in [2.45, 2.75) is 4.90 Å². The molecule has 144 valence electrons. The summed E-state index contributed by atoms with van der Waals surface area (Å²) in [6.07, 6.45) is 1.43. The van der Waals surface area contributed by atoms with Gasteiger partial charge in [0.05, 0.1) is 16.3 Å². The second-order valence-corrected chi connectivity index (χ2v) is 8.09. The van der Waals surface area contributed by atoms with Crippen LogP contribution in [0.1, 0.15) is 10.4 Å². The minimum atomic E-state index is -4.06. The number of aromatic nitrogens is 1. The largest absolute Gasteiger partial charge is 0.478 e. The van der Waals surface area contributed by atoms with Crippen LogP contribution in [0, 0.1) is 0 Å². The predicted molar refractivity (Wildman–Crippen MR) is 108 cm³/mol. The average molecular weight is 438 g/mol. The fourth-order valence-corrected chi connectivity index (χ4v) is 3.96. The van der Waals surface area contributed by atoms with Crippen molar-refractivity contribution in [1.82, 2.24) is 4.98 Å². The summed E-state index contributed by atoms with van der Waals surface area (Å²) < 4.78 is 28.0. The van der Waals surface area contributed by atoms with Gasteiger partial charge in [0.1, 0.15) is 4.90 Å². The first-order valence-electron chi connectivity index (χ1n) is 7.79. The number of pyridine rings is 1. The van der Waals surface area contributed by atoms with Gasteiger partial charge >= 0.3 is 5.97 Å². The number of sulfonamides is 1. The highest BCUT2D eigenvalue weighted by Crippen LogP contribution is 2.30. The first-order chi connectivity index (χ1) is 13.3. The number of hydrogen-bond donors (Lipinski definition) is 3. The van der Waals surface area contributed by atoms with Crippen LogP contribution in [0.3, 0.4) is 0 Å². The number of anilines is 3. The van der Waals surface area contributed by atoms with Crippen molar-refractivity contribution < 1.29 is 18.3 Å². The maximum Gasteiger partial charge on any atom is 0.335 e. The molecule has 2 aromatic carbocycles. The lowest BCUT2D eigenvalue weighted by Gasteiger charge is -2.14. The normalized spacial score (nSPS) is 11.1. The van der Waals surface area contributed by atoms with E-state index < -0.39 is 16.0 Å². The van der Waals surface area contributed by atoms with Gasteiger partial charge in [-0.25, -0.2) is 18.2 Å².